The lowest BCUT2D eigenvalue weighted by Gasteiger charge is -2.09. The Morgan fingerprint density at radius 2 is 1.64 bits per heavy atom. The Bertz CT molecular complexity index is 1020. The van der Waals surface area contributed by atoms with E-state index >= 15 is 0 Å². The monoisotopic (exact) mass is 329 g/mol. The minimum atomic E-state index is 0.502. The Morgan fingerprint density at radius 1 is 0.840 bits per heavy atom. The molecule has 0 spiro atoms. The smallest absolute Gasteiger partial charge is 0.223 e. The van der Waals surface area contributed by atoms with Crippen LogP contribution in [0, 0.1) is 0 Å². The number of hydrogen-bond donors (Lipinski definition) is 0. The summed E-state index contributed by atoms with van der Waals surface area (Å²) in [7, 11) is 0. The molecule has 3 heterocycles. The van der Waals surface area contributed by atoms with Crippen molar-refractivity contribution in [1.29, 1.82) is 0 Å². The van der Waals surface area contributed by atoms with Gasteiger partial charge in [-0.25, -0.2) is 4.98 Å². The summed E-state index contributed by atoms with van der Waals surface area (Å²) in [5.41, 5.74) is 3.42. The van der Waals surface area contributed by atoms with Gasteiger partial charge in [-0.3, -0.25) is 15.0 Å². The van der Waals surface area contributed by atoms with E-state index in [1.165, 1.54) is 0 Å². The first-order chi connectivity index (χ1) is 12.3. The predicted molar refractivity (Wildman–Crippen MR) is 94.3 cm³/mol. The average Bonchev–Trinajstić information content (AvgIpc) is 2.68. The molecular formula is C19H15N5O. The molecule has 0 bridgehead atoms. The van der Waals surface area contributed by atoms with Crippen LogP contribution < -0.4 is 4.74 Å². The van der Waals surface area contributed by atoms with Crippen LogP contribution in [0.1, 0.15) is 12.6 Å². The minimum absolute atomic E-state index is 0.502. The van der Waals surface area contributed by atoms with Gasteiger partial charge in [0.05, 0.1) is 11.0 Å². The number of rotatable bonds is 4. The molecule has 0 atom stereocenters. The number of ether oxygens (including phenoxy) is 1. The Hall–Kier alpha value is -3.41. The van der Waals surface area contributed by atoms with Gasteiger partial charge in [-0.05, 0) is 30.7 Å². The van der Waals surface area contributed by atoms with E-state index in [-0.39, 0.29) is 0 Å². The molecule has 3 aromatic heterocycles. The number of pyridine rings is 1. The highest BCUT2D eigenvalue weighted by Gasteiger charge is 2.09. The van der Waals surface area contributed by atoms with Gasteiger partial charge in [0.2, 0.25) is 5.88 Å². The lowest BCUT2D eigenvalue weighted by Crippen LogP contribution is -1.98. The van der Waals surface area contributed by atoms with Gasteiger partial charge in [-0.15, -0.1) is 0 Å². The van der Waals surface area contributed by atoms with Gasteiger partial charge in [-0.2, -0.15) is 4.98 Å². The van der Waals surface area contributed by atoms with Crippen LogP contribution in [0.3, 0.4) is 0 Å². The van der Waals surface area contributed by atoms with Crippen LogP contribution in [-0.4, -0.2) is 24.9 Å². The zero-order valence-corrected chi connectivity index (χ0v) is 13.6. The van der Waals surface area contributed by atoms with Gasteiger partial charge < -0.3 is 4.74 Å². The van der Waals surface area contributed by atoms with Crippen LogP contribution in [-0.2, 0) is 6.42 Å². The molecule has 1 aromatic carbocycles. The van der Waals surface area contributed by atoms with Crippen molar-refractivity contribution < 1.29 is 4.74 Å². The summed E-state index contributed by atoms with van der Waals surface area (Å²) < 4.78 is 5.96. The second-order valence-corrected chi connectivity index (χ2v) is 5.42. The van der Waals surface area contributed by atoms with E-state index in [9.17, 15) is 0 Å². The van der Waals surface area contributed by atoms with Crippen LogP contribution in [0.15, 0.2) is 61.2 Å². The normalized spacial score (nSPS) is 10.8. The van der Waals surface area contributed by atoms with E-state index < -0.39 is 0 Å². The molecule has 25 heavy (non-hydrogen) atoms. The van der Waals surface area contributed by atoms with E-state index in [1.807, 2.05) is 43.3 Å². The Balaban J connectivity index is 1.71. The first-order valence-corrected chi connectivity index (χ1v) is 7.99. The molecule has 6 nitrogen and oxygen atoms in total. The lowest BCUT2D eigenvalue weighted by atomic mass is 10.2. The maximum atomic E-state index is 5.96. The van der Waals surface area contributed by atoms with Gasteiger partial charge in [0.1, 0.15) is 5.75 Å². The number of benzene rings is 1. The highest BCUT2D eigenvalue weighted by molar-refractivity contribution is 5.75. The highest BCUT2D eigenvalue weighted by Crippen LogP contribution is 2.25. The number of hydrogen-bond acceptors (Lipinski definition) is 6. The van der Waals surface area contributed by atoms with Gasteiger partial charge in [0.25, 0.3) is 0 Å². The summed E-state index contributed by atoms with van der Waals surface area (Å²) in [5, 5.41) is 0. The van der Waals surface area contributed by atoms with Crippen LogP contribution in [0.2, 0.25) is 0 Å². The highest BCUT2D eigenvalue weighted by atomic mass is 16.5. The van der Waals surface area contributed by atoms with Crippen molar-refractivity contribution in [3.63, 3.8) is 0 Å². The zero-order chi connectivity index (χ0) is 17.1. The fraction of sp³-hybridized carbons (Fsp3) is 0.105. The van der Waals surface area contributed by atoms with Gasteiger partial charge in [0.15, 0.2) is 5.82 Å². The van der Waals surface area contributed by atoms with Crippen molar-refractivity contribution in [2.75, 3.05) is 0 Å². The Kier molecular flexibility index (Phi) is 4.00. The largest absolute Gasteiger partial charge is 0.439 e. The van der Waals surface area contributed by atoms with Crippen molar-refractivity contribution in [1.82, 2.24) is 24.9 Å². The molecule has 0 fully saturated rings. The van der Waals surface area contributed by atoms with E-state index in [2.05, 4.69) is 24.9 Å². The topological polar surface area (TPSA) is 73.7 Å². The predicted octanol–water partition coefficient (Wildman–Crippen LogP) is 3.84. The first-order valence-electron chi connectivity index (χ1n) is 7.99. The van der Waals surface area contributed by atoms with Crippen LogP contribution in [0.4, 0.5) is 0 Å². The summed E-state index contributed by atoms with van der Waals surface area (Å²) in [4.78, 5) is 21.7. The molecule has 0 radical (unpaired) electrons. The quantitative estimate of drug-likeness (QED) is 0.566. The summed E-state index contributed by atoms with van der Waals surface area (Å²) in [6.07, 6.45) is 7.56. The third-order valence-corrected chi connectivity index (χ3v) is 3.72. The number of aromatic nitrogens is 5. The van der Waals surface area contributed by atoms with Gasteiger partial charge >= 0.3 is 0 Å². The second-order valence-electron chi connectivity index (χ2n) is 5.42. The number of fused-ring (bicyclic) bond motifs is 1. The third-order valence-electron chi connectivity index (χ3n) is 3.72. The van der Waals surface area contributed by atoms with Gasteiger partial charge in [0, 0.05) is 48.2 Å². The Morgan fingerprint density at radius 3 is 2.44 bits per heavy atom. The Labute approximate surface area is 144 Å². The molecule has 4 rings (SSSR count). The summed E-state index contributed by atoms with van der Waals surface area (Å²) in [6, 6.07) is 11.2. The minimum Gasteiger partial charge on any atom is -0.439 e. The molecule has 0 aliphatic carbocycles. The van der Waals surface area contributed by atoms with Crippen molar-refractivity contribution >= 4 is 11.0 Å². The lowest BCUT2D eigenvalue weighted by molar-refractivity contribution is 0.462. The fourth-order valence-corrected chi connectivity index (χ4v) is 2.46. The van der Waals surface area contributed by atoms with E-state index in [0.29, 0.717) is 17.5 Å². The molecule has 0 amide bonds. The van der Waals surface area contributed by atoms with E-state index in [0.717, 1.165) is 28.7 Å². The molecule has 0 N–H and O–H groups in total. The second kappa shape index (κ2) is 6.60. The molecule has 6 heteroatoms. The first kappa shape index (κ1) is 15.1. The molecular weight excluding hydrogens is 314 g/mol. The number of aryl methyl sites for hydroxylation is 1. The van der Waals surface area contributed by atoms with Crippen molar-refractivity contribution in [2.45, 2.75) is 13.3 Å². The number of nitrogens with zero attached hydrogens (tertiary/aromatic N) is 5. The molecule has 0 saturated carbocycles. The zero-order valence-electron chi connectivity index (χ0n) is 13.6. The molecule has 0 unspecified atom stereocenters. The SMILES string of the molecule is CCc1cc(Oc2ccc3nccnc3c2)nc(-c2ccncc2)n1. The van der Waals surface area contributed by atoms with Gasteiger partial charge in [-0.1, -0.05) is 6.92 Å². The van der Waals surface area contributed by atoms with Crippen LogP contribution >= 0.6 is 0 Å². The van der Waals surface area contributed by atoms with Crippen molar-refractivity contribution in [3.8, 4) is 23.0 Å². The van der Waals surface area contributed by atoms with E-state index in [4.69, 9.17) is 4.74 Å². The van der Waals surface area contributed by atoms with Crippen LogP contribution in [0.25, 0.3) is 22.4 Å². The van der Waals surface area contributed by atoms with E-state index in [1.54, 1.807) is 24.8 Å². The molecule has 0 aliphatic heterocycles. The molecule has 122 valence electrons. The average molecular weight is 329 g/mol. The van der Waals surface area contributed by atoms with Crippen LogP contribution in [0.5, 0.6) is 11.6 Å². The fourth-order valence-electron chi connectivity index (χ4n) is 2.46. The molecule has 0 saturated heterocycles. The van der Waals surface area contributed by atoms with Crippen molar-refractivity contribution in [2.24, 2.45) is 0 Å². The molecule has 0 aliphatic rings. The third kappa shape index (κ3) is 3.28. The summed E-state index contributed by atoms with van der Waals surface area (Å²) in [6.45, 7) is 2.05. The standard InChI is InChI=1S/C19H15N5O/c1-2-14-11-18(24-19(23-14)13-5-7-20-8-6-13)25-15-3-4-16-17(12-15)22-10-9-21-16/h3-12H,2H2,1H3. The maximum absolute atomic E-state index is 5.96. The van der Waals surface area contributed by atoms with Crippen molar-refractivity contribution in [3.05, 3.63) is 66.9 Å². The summed E-state index contributed by atoms with van der Waals surface area (Å²) >= 11 is 0. The maximum Gasteiger partial charge on any atom is 0.223 e. The molecule has 4 aromatic rings. The summed E-state index contributed by atoms with van der Waals surface area (Å²) in [5.74, 6) is 1.79.